The predicted octanol–water partition coefficient (Wildman–Crippen LogP) is 4.35. The molecule has 0 spiro atoms. The van der Waals surface area contributed by atoms with Gasteiger partial charge in [-0.1, -0.05) is 45.6 Å². The smallest absolute Gasteiger partial charge is 0.124 e. The van der Waals surface area contributed by atoms with Crippen LogP contribution in [0, 0.1) is 5.92 Å². The molecule has 3 N–H and O–H groups in total. The normalized spacial score (nSPS) is 12.8. The number of aromatic hydroxyl groups is 2. The van der Waals surface area contributed by atoms with Gasteiger partial charge in [0.25, 0.3) is 0 Å². The summed E-state index contributed by atoms with van der Waals surface area (Å²) < 4.78 is 0. The van der Waals surface area contributed by atoms with Crippen molar-refractivity contribution in [2.75, 3.05) is 6.54 Å². The molecule has 0 aliphatic rings. The van der Waals surface area contributed by atoms with Crippen molar-refractivity contribution in [2.24, 2.45) is 5.92 Å². The molecule has 3 heteroatoms. The van der Waals surface area contributed by atoms with Crippen LogP contribution in [0.15, 0.2) is 18.2 Å². The van der Waals surface area contributed by atoms with Gasteiger partial charge >= 0.3 is 0 Å². The van der Waals surface area contributed by atoms with Gasteiger partial charge in [0.1, 0.15) is 11.5 Å². The standard InChI is InChI=1S/C17H29NO2/c1-13(2)9-6-4-5-7-12-18-14(3)17-15(19)10-8-11-16(17)20/h8,10-11,13-14,18-20H,4-7,9,12H2,1-3H3. The largest absolute Gasteiger partial charge is 0.507 e. The van der Waals surface area contributed by atoms with Gasteiger partial charge < -0.3 is 15.5 Å². The number of benzene rings is 1. The Balaban J connectivity index is 2.22. The van der Waals surface area contributed by atoms with E-state index in [0.717, 1.165) is 18.9 Å². The number of hydrogen-bond donors (Lipinski definition) is 3. The lowest BCUT2D eigenvalue weighted by Gasteiger charge is -2.16. The molecule has 0 aliphatic heterocycles. The summed E-state index contributed by atoms with van der Waals surface area (Å²) in [5.74, 6) is 1.11. The van der Waals surface area contributed by atoms with E-state index in [1.807, 2.05) is 6.92 Å². The molecular formula is C17H29NO2. The molecule has 1 unspecified atom stereocenters. The Labute approximate surface area is 123 Å². The lowest BCUT2D eigenvalue weighted by atomic mass is 10.0. The monoisotopic (exact) mass is 279 g/mol. The van der Waals surface area contributed by atoms with E-state index < -0.39 is 0 Å². The Morgan fingerprint density at radius 2 is 1.55 bits per heavy atom. The first-order chi connectivity index (χ1) is 9.52. The molecule has 3 nitrogen and oxygen atoms in total. The van der Waals surface area contributed by atoms with Gasteiger partial charge in [0.15, 0.2) is 0 Å². The highest BCUT2D eigenvalue weighted by atomic mass is 16.3. The molecule has 0 heterocycles. The van der Waals surface area contributed by atoms with Crippen LogP contribution in [0.5, 0.6) is 11.5 Å². The Morgan fingerprint density at radius 1 is 0.950 bits per heavy atom. The van der Waals surface area contributed by atoms with Gasteiger partial charge in [-0.3, -0.25) is 0 Å². The highest BCUT2D eigenvalue weighted by Crippen LogP contribution is 2.31. The second kappa shape index (κ2) is 8.85. The van der Waals surface area contributed by atoms with Crippen molar-refractivity contribution < 1.29 is 10.2 Å². The van der Waals surface area contributed by atoms with Crippen molar-refractivity contribution >= 4 is 0 Å². The summed E-state index contributed by atoms with van der Waals surface area (Å²) in [5.41, 5.74) is 0.590. The molecule has 0 aliphatic carbocycles. The average Bonchev–Trinajstić information content (AvgIpc) is 2.37. The minimum absolute atomic E-state index is 0.0353. The van der Waals surface area contributed by atoms with Gasteiger partial charge in [0.05, 0.1) is 5.56 Å². The molecule has 0 aromatic heterocycles. The van der Waals surface area contributed by atoms with Crippen LogP contribution in [0.1, 0.15) is 64.5 Å². The van der Waals surface area contributed by atoms with E-state index in [9.17, 15) is 10.2 Å². The molecule has 0 radical (unpaired) electrons. The molecule has 1 aromatic carbocycles. The summed E-state index contributed by atoms with van der Waals surface area (Å²) in [7, 11) is 0. The summed E-state index contributed by atoms with van der Waals surface area (Å²) in [6.07, 6.45) is 6.29. The number of phenols is 2. The van der Waals surface area contributed by atoms with Crippen LogP contribution in [0.3, 0.4) is 0 Å². The van der Waals surface area contributed by atoms with Crippen molar-refractivity contribution in [3.8, 4) is 11.5 Å². The first-order valence-corrected chi connectivity index (χ1v) is 7.76. The molecule has 1 atom stereocenters. The van der Waals surface area contributed by atoms with Gasteiger partial charge in [-0.15, -0.1) is 0 Å². The van der Waals surface area contributed by atoms with Gasteiger partial charge in [-0.2, -0.15) is 0 Å². The third kappa shape index (κ3) is 5.83. The molecular weight excluding hydrogens is 250 g/mol. The summed E-state index contributed by atoms with van der Waals surface area (Å²) in [6.45, 7) is 7.41. The number of nitrogens with one attached hydrogen (secondary N) is 1. The van der Waals surface area contributed by atoms with Crippen molar-refractivity contribution in [3.05, 3.63) is 23.8 Å². The summed E-state index contributed by atoms with van der Waals surface area (Å²) in [6, 6.07) is 4.83. The molecule has 0 bridgehead atoms. The second-order valence-electron chi connectivity index (χ2n) is 5.98. The topological polar surface area (TPSA) is 52.5 Å². The molecule has 0 saturated heterocycles. The maximum absolute atomic E-state index is 9.79. The Morgan fingerprint density at radius 3 is 2.15 bits per heavy atom. The Hall–Kier alpha value is -1.22. The second-order valence-corrected chi connectivity index (χ2v) is 5.98. The van der Waals surface area contributed by atoms with Gasteiger partial charge in [-0.25, -0.2) is 0 Å². The van der Waals surface area contributed by atoms with Crippen LogP contribution >= 0.6 is 0 Å². The third-order valence-corrected chi connectivity index (χ3v) is 3.65. The van der Waals surface area contributed by atoms with Gasteiger partial charge in [0.2, 0.25) is 0 Å². The van der Waals surface area contributed by atoms with E-state index in [1.54, 1.807) is 18.2 Å². The fourth-order valence-corrected chi connectivity index (χ4v) is 2.44. The third-order valence-electron chi connectivity index (χ3n) is 3.65. The van der Waals surface area contributed by atoms with Gasteiger partial charge in [-0.05, 0) is 37.9 Å². The molecule has 1 aromatic rings. The highest BCUT2D eigenvalue weighted by molar-refractivity contribution is 5.44. The number of hydrogen-bond acceptors (Lipinski definition) is 3. The van der Waals surface area contributed by atoms with Crippen molar-refractivity contribution in [2.45, 2.75) is 58.9 Å². The van der Waals surface area contributed by atoms with Crippen molar-refractivity contribution in [1.82, 2.24) is 5.32 Å². The first kappa shape index (κ1) is 16.8. The Bertz CT molecular complexity index is 370. The fourth-order valence-electron chi connectivity index (χ4n) is 2.44. The van der Waals surface area contributed by atoms with Crippen LogP contribution in [0.4, 0.5) is 0 Å². The van der Waals surface area contributed by atoms with E-state index in [2.05, 4.69) is 19.2 Å². The van der Waals surface area contributed by atoms with Crippen molar-refractivity contribution in [3.63, 3.8) is 0 Å². The number of phenolic OH excluding ortho intramolecular Hbond substituents is 2. The zero-order valence-corrected chi connectivity index (χ0v) is 13.0. The fraction of sp³-hybridized carbons (Fsp3) is 0.647. The van der Waals surface area contributed by atoms with Crippen molar-refractivity contribution in [1.29, 1.82) is 0 Å². The summed E-state index contributed by atoms with van der Waals surface area (Å²) in [5, 5.41) is 22.9. The van der Waals surface area contributed by atoms with E-state index >= 15 is 0 Å². The van der Waals surface area contributed by atoms with E-state index in [4.69, 9.17) is 0 Å². The summed E-state index contributed by atoms with van der Waals surface area (Å²) in [4.78, 5) is 0. The quantitative estimate of drug-likeness (QED) is 0.589. The van der Waals surface area contributed by atoms with E-state index in [-0.39, 0.29) is 17.5 Å². The summed E-state index contributed by atoms with van der Waals surface area (Å²) >= 11 is 0. The molecule has 0 amide bonds. The molecule has 114 valence electrons. The minimum Gasteiger partial charge on any atom is -0.507 e. The Kier molecular flexibility index (Phi) is 7.45. The average molecular weight is 279 g/mol. The molecule has 1 rings (SSSR count). The SMILES string of the molecule is CC(C)CCCCCCNC(C)c1c(O)cccc1O. The van der Waals surface area contributed by atoms with E-state index in [1.165, 1.54) is 25.7 Å². The maximum atomic E-state index is 9.79. The maximum Gasteiger partial charge on any atom is 0.124 e. The highest BCUT2D eigenvalue weighted by Gasteiger charge is 2.13. The number of rotatable bonds is 9. The lowest BCUT2D eigenvalue weighted by Crippen LogP contribution is -2.20. The van der Waals surface area contributed by atoms with E-state index in [0.29, 0.717) is 5.56 Å². The van der Waals surface area contributed by atoms with Crippen LogP contribution in [0.25, 0.3) is 0 Å². The van der Waals surface area contributed by atoms with Crippen LogP contribution in [-0.4, -0.2) is 16.8 Å². The molecule has 0 saturated carbocycles. The lowest BCUT2D eigenvalue weighted by molar-refractivity contribution is 0.416. The van der Waals surface area contributed by atoms with Gasteiger partial charge in [0, 0.05) is 6.04 Å². The minimum atomic E-state index is -0.0353. The number of unbranched alkanes of at least 4 members (excludes halogenated alkanes) is 3. The van der Waals surface area contributed by atoms with Crippen LogP contribution in [-0.2, 0) is 0 Å². The van der Waals surface area contributed by atoms with Crippen LogP contribution in [0.2, 0.25) is 0 Å². The zero-order valence-electron chi connectivity index (χ0n) is 13.0. The zero-order chi connectivity index (χ0) is 15.0. The first-order valence-electron chi connectivity index (χ1n) is 7.76. The predicted molar refractivity (Wildman–Crippen MR) is 84.1 cm³/mol. The molecule has 0 fully saturated rings. The molecule has 20 heavy (non-hydrogen) atoms. The van der Waals surface area contributed by atoms with Crippen LogP contribution < -0.4 is 5.32 Å².